The molecule has 6 heteroatoms. The Balaban J connectivity index is 1.64. The lowest BCUT2D eigenvalue weighted by Gasteiger charge is -2.40. The van der Waals surface area contributed by atoms with Crippen LogP contribution in [-0.2, 0) is 0 Å². The number of carbonyl (C=O) groups is 1. The maximum Gasteiger partial charge on any atom is 0.261 e. The quantitative estimate of drug-likeness (QED) is 0.893. The highest BCUT2D eigenvalue weighted by molar-refractivity contribution is 7.99. The number of thioether (sulfide) groups is 1. The molecule has 2 saturated heterocycles. The zero-order chi connectivity index (χ0) is 16.4. The van der Waals surface area contributed by atoms with Crippen molar-refractivity contribution in [2.75, 3.05) is 37.7 Å². The second-order valence-electron chi connectivity index (χ2n) is 6.49. The van der Waals surface area contributed by atoms with Gasteiger partial charge in [-0.25, -0.2) is 0 Å². The molecule has 2 fully saturated rings. The number of rotatable bonds is 2. The summed E-state index contributed by atoms with van der Waals surface area (Å²) in [5.41, 5.74) is 1.79. The molecule has 0 saturated carbocycles. The van der Waals surface area contributed by atoms with Gasteiger partial charge in [-0.1, -0.05) is 0 Å². The van der Waals surface area contributed by atoms with Crippen LogP contribution in [0.15, 0.2) is 10.9 Å². The summed E-state index contributed by atoms with van der Waals surface area (Å²) in [5.74, 6) is 2.32. The van der Waals surface area contributed by atoms with Crippen LogP contribution in [0, 0.1) is 13.8 Å². The molecule has 0 radical (unpaired) electrons. The van der Waals surface area contributed by atoms with Gasteiger partial charge in [0.2, 0.25) is 0 Å². The van der Waals surface area contributed by atoms with Crippen molar-refractivity contribution >= 4 is 17.7 Å². The maximum absolute atomic E-state index is 12.7. The number of piperidine rings is 1. The molecule has 23 heavy (non-hydrogen) atoms. The highest BCUT2D eigenvalue weighted by Crippen LogP contribution is 2.21. The number of likely N-dealkylation sites (tertiary alicyclic amines) is 1. The summed E-state index contributed by atoms with van der Waals surface area (Å²) in [7, 11) is 0. The molecule has 126 valence electrons. The first kappa shape index (κ1) is 16.6. The van der Waals surface area contributed by atoms with Gasteiger partial charge in [0.05, 0.1) is 0 Å². The number of aryl methyl sites for hydroxylation is 2. The van der Waals surface area contributed by atoms with E-state index in [1.165, 1.54) is 24.6 Å². The molecule has 2 aliphatic rings. The van der Waals surface area contributed by atoms with E-state index in [2.05, 4.69) is 9.88 Å². The normalized spacial score (nSPS) is 20.7. The molecule has 0 aliphatic carbocycles. The van der Waals surface area contributed by atoms with Crippen LogP contribution in [0.5, 0.6) is 0 Å². The van der Waals surface area contributed by atoms with Crippen molar-refractivity contribution in [1.29, 1.82) is 0 Å². The fourth-order valence-electron chi connectivity index (χ4n) is 3.43. The predicted octanol–water partition coefficient (Wildman–Crippen LogP) is 1.65. The van der Waals surface area contributed by atoms with E-state index in [0.29, 0.717) is 6.04 Å². The molecular weight excluding hydrogens is 310 g/mol. The van der Waals surface area contributed by atoms with Crippen LogP contribution in [0.3, 0.4) is 0 Å². The van der Waals surface area contributed by atoms with Crippen LogP contribution in [0.25, 0.3) is 0 Å². The molecule has 1 amide bonds. The summed E-state index contributed by atoms with van der Waals surface area (Å²) in [5, 5.41) is 0. The van der Waals surface area contributed by atoms with Crippen molar-refractivity contribution in [3.05, 3.63) is 33.2 Å². The zero-order valence-corrected chi connectivity index (χ0v) is 14.7. The first-order chi connectivity index (χ1) is 11.1. The Labute approximate surface area is 141 Å². The van der Waals surface area contributed by atoms with Crippen molar-refractivity contribution < 1.29 is 4.79 Å². The SMILES string of the molecule is Cc1cc(C(=O)N2CCC(N3CCSCC3)CC2)c(=O)[nH]c1C. The third-order valence-corrected chi connectivity index (χ3v) is 5.98. The van der Waals surface area contributed by atoms with Gasteiger partial charge in [-0.2, -0.15) is 11.8 Å². The largest absolute Gasteiger partial charge is 0.338 e. The minimum Gasteiger partial charge on any atom is -0.338 e. The molecule has 3 rings (SSSR count). The van der Waals surface area contributed by atoms with Crippen LogP contribution in [0.4, 0.5) is 0 Å². The Kier molecular flexibility index (Phi) is 5.11. The summed E-state index contributed by atoms with van der Waals surface area (Å²) < 4.78 is 0. The first-order valence-corrected chi connectivity index (χ1v) is 9.53. The number of H-pyrrole nitrogens is 1. The Morgan fingerprint density at radius 1 is 1.17 bits per heavy atom. The fraction of sp³-hybridized carbons (Fsp3) is 0.647. The van der Waals surface area contributed by atoms with E-state index in [1.807, 2.05) is 30.5 Å². The van der Waals surface area contributed by atoms with Crippen LogP contribution in [0.1, 0.15) is 34.5 Å². The van der Waals surface area contributed by atoms with Gasteiger partial charge in [-0.05, 0) is 38.3 Å². The van der Waals surface area contributed by atoms with E-state index in [4.69, 9.17) is 0 Å². The van der Waals surface area contributed by atoms with Crippen molar-refractivity contribution in [3.8, 4) is 0 Å². The van der Waals surface area contributed by atoms with Gasteiger partial charge in [0.25, 0.3) is 11.5 Å². The highest BCUT2D eigenvalue weighted by atomic mass is 32.2. The Bertz CT molecular complexity index is 629. The number of carbonyl (C=O) groups excluding carboxylic acids is 1. The topological polar surface area (TPSA) is 56.4 Å². The number of aromatic amines is 1. The number of pyridine rings is 1. The summed E-state index contributed by atoms with van der Waals surface area (Å²) in [6.07, 6.45) is 2.03. The molecule has 2 aliphatic heterocycles. The van der Waals surface area contributed by atoms with Crippen molar-refractivity contribution in [2.45, 2.75) is 32.7 Å². The zero-order valence-electron chi connectivity index (χ0n) is 13.9. The average molecular weight is 335 g/mol. The molecule has 0 aromatic carbocycles. The van der Waals surface area contributed by atoms with Crippen LogP contribution in [-0.4, -0.2) is 64.4 Å². The summed E-state index contributed by atoms with van der Waals surface area (Å²) in [6.45, 7) is 7.61. The smallest absolute Gasteiger partial charge is 0.261 e. The van der Waals surface area contributed by atoms with Gasteiger partial charge < -0.3 is 9.88 Å². The molecular formula is C17H25N3O2S. The lowest BCUT2D eigenvalue weighted by Crippen LogP contribution is -2.49. The van der Waals surface area contributed by atoms with E-state index >= 15 is 0 Å². The molecule has 5 nitrogen and oxygen atoms in total. The molecule has 0 spiro atoms. The predicted molar refractivity (Wildman–Crippen MR) is 94.4 cm³/mol. The number of nitrogens with zero attached hydrogens (tertiary/aromatic N) is 2. The Hall–Kier alpha value is -1.27. The fourth-order valence-corrected chi connectivity index (χ4v) is 4.36. The number of nitrogens with one attached hydrogen (secondary N) is 1. The van der Waals surface area contributed by atoms with E-state index < -0.39 is 0 Å². The van der Waals surface area contributed by atoms with Gasteiger partial charge in [-0.3, -0.25) is 14.5 Å². The van der Waals surface area contributed by atoms with Gasteiger partial charge in [0, 0.05) is 49.4 Å². The van der Waals surface area contributed by atoms with Gasteiger partial charge in [-0.15, -0.1) is 0 Å². The number of hydrogen-bond donors (Lipinski definition) is 1. The number of amides is 1. The summed E-state index contributed by atoms with van der Waals surface area (Å²) >= 11 is 2.03. The third kappa shape index (κ3) is 3.63. The minimum atomic E-state index is -0.270. The molecule has 0 atom stereocenters. The second kappa shape index (κ2) is 7.09. The Morgan fingerprint density at radius 2 is 1.83 bits per heavy atom. The van der Waals surface area contributed by atoms with Crippen molar-refractivity contribution in [1.82, 2.24) is 14.8 Å². The van der Waals surface area contributed by atoms with Crippen molar-refractivity contribution in [3.63, 3.8) is 0 Å². The molecule has 1 aromatic rings. The molecule has 0 bridgehead atoms. The summed E-state index contributed by atoms with van der Waals surface area (Å²) in [4.78, 5) is 31.9. The monoisotopic (exact) mass is 335 g/mol. The first-order valence-electron chi connectivity index (χ1n) is 8.38. The van der Waals surface area contributed by atoms with E-state index in [9.17, 15) is 9.59 Å². The standard InChI is InChI=1S/C17H25N3O2S/c1-12-11-15(16(21)18-13(12)2)17(22)20-5-3-14(4-6-20)19-7-9-23-10-8-19/h11,14H,3-10H2,1-2H3,(H,18,21). The van der Waals surface area contributed by atoms with E-state index in [-0.39, 0.29) is 17.0 Å². The van der Waals surface area contributed by atoms with Gasteiger partial charge in [0.15, 0.2) is 0 Å². The van der Waals surface area contributed by atoms with E-state index in [0.717, 1.165) is 37.2 Å². The molecule has 3 heterocycles. The van der Waals surface area contributed by atoms with Gasteiger partial charge >= 0.3 is 0 Å². The van der Waals surface area contributed by atoms with Crippen LogP contribution in [0.2, 0.25) is 0 Å². The Morgan fingerprint density at radius 3 is 2.48 bits per heavy atom. The molecule has 1 aromatic heterocycles. The maximum atomic E-state index is 12.7. The number of aromatic nitrogens is 1. The lowest BCUT2D eigenvalue weighted by molar-refractivity contribution is 0.0629. The molecule has 0 unspecified atom stereocenters. The lowest BCUT2D eigenvalue weighted by atomic mass is 10.0. The third-order valence-electron chi connectivity index (χ3n) is 5.04. The highest BCUT2D eigenvalue weighted by Gasteiger charge is 2.29. The minimum absolute atomic E-state index is 0.123. The van der Waals surface area contributed by atoms with Crippen LogP contribution >= 0.6 is 11.8 Å². The molecule has 1 N–H and O–H groups in total. The second-order valence-corrected chi connectivity index (χ2v) is 7.72. The van der Waals surface area contributed by atoms with Gasteiger partial charge in [0.1, 0.15) is 5.56 Å². The summed E-state index contributed by atoms with van der Waals surface area (Å²) in [6, 6.07) is 2.32. The number of hydrogen-bond acceptors (Lipinski definition) is 4. The average Bonchev–Trinajstić information content (AvgIpc) is 2.58. The van der Waals surface area contributed by atoms with Crippen LogP contribution < -0.4 is 5.56 Å². The van der Waals surface area contributed by atoms with E-state index in [1.54, 1.807) is 6.07 Å². The van der Waals surface area contributed by atoms with Crippen molar-refractivity contribution in [2.24, 2.45) is 0 Å².